The fraction of sp³-hybridized carbons (Fsp3) is 0. The first kappa shape index (κ1) is 13.3. The van der Waals surface area contributed by atoms with E-state index >= 15 is 0 Å². The Morgan fingerprint density at radius 1 is 1.37 bits per heavy atom. The lowest BCUT2D eigenvalue weighted by Gasteiger charge is -2.10. The highest BCUT2D eigenvalue weighted by Crippen LogP contribution is 2.31. The van der Waals surface area contributed by atoms with Gasteiger partial charge in [0.25, 0.3) is 0 Å². The maximum atomic E-state index is 13.2. The van der Waals surface area contributed by atoms with Gasteiger partial charge in [-0.05, 0) is 40.2 Å². The molecule has 2 aromatic rings. The van der Waals surface area contributed by atoms with Crippen molar-refractivity contribution < 1.29 is 14.3 Å². The lowest BCUT2D eigenvalue weighted by Crippen LogP contribution is -2.16. The van der Waals surface area contributed by atoms with Crippen LogP contribution in [0.15, 0.2) is 46.2 Å². The fourth-order valence-corrected chi connectivity index (χ4v) is 1.71. The van der Waals surface area contributed by atoms with Gasteiger partial charge >= 0.3 is 0 Å². The van der Waals surface area contributed by atoms with Crippen molar-refractivity contribution in [2.24, 2.45) is 10.9 Å². The third kappa shape index (κ3) is 3.00. The van der Waals surface area contributed by atoms with E-state index in [0.717, 1.165) is 0 Å². The zero-order valence-electron chi connectivity index (χ0n) is 9.55. The van der Waals surface area contributed by atoms with Crippen LogP contribution in [0.2, 0.25) is 0 Å². The van der Waals surface area contributed by atoms with Crippen molar-refractivity contribution in [3.63, 3.8) is 0 Å². The number of nitrogens with two attached hydrogens (primary N) is 1. The molecule has 1 heterocycles. The Labute approximate surface area is 116 Å². The summed E-state index contributed by atoms with van der Waals surface area (Å²) in [5, 5.41) is 11.5. The second kappa shape index (κ2) is 5.66. The van der Waals surface area contributed by atoms with Crippen LogP contribution in [0.4, 0.5) is 4.39 Å². The number of rotatable bonds is 3. The van der Waals surface area contributed by atoms with E-state index in [1.54, 1.807) is 12.1 Å². The van der Waals surface area contributed by atoms with Gasteiger partial charge in [0.15, 0.2) is 17.3 Å². The molecule has 0 radical (unpaired) electrons. The SMILES string of the molecule is N/C(=N/O)c1ncccc1Oc1cc(F)ccc1Br. The molecular formula is C12H9BrFN3O2. The van der Waals surface area contributed by atoms with E-state index in [0.29, 0.717) is 4.47 Å². The molecule has 5 nitrogen and oxygen atoms in total. The Morgan fingerprint density at radius 2 is 2.16 bits per heavy atom. The fourth-order valence-electron chi connectivity index (χ4n) is 1.39. The van der Waals surface area contributed by atoms with Gasteiger partial charge in [0, 0.05) is 12.3 Å². The molecule has 0 aliphatic carbocycles. The van der Waals surface area contributed by atoms with Crippen LogP contribution >= 0.6 is 15.9 Å². The average Bonchev–Trinajstić information content (AvgIpc) is 2.42. The van der Waals surface area contributed by atoms with Crippen LogP contribution in [0.25, 0.3) is 0 Å². The predicted octanol–water partition coefficient (Wildman–Crippen LogP) is 2.87. The van der Waals surface area contributed by atoms with Gasteiger partial charge in [0.2, 0.25) is 0 Å². The lowest BCUT2D eigenvalue weighted by molar-refractivity contribution is 0.318. The highest BCUT2D eigenvalue weighted by molar-refractivity contribution is 9.10. The molecular weight excluding hydrogens is 317 g/mol. The normalized spacial score (nSPS) is 11.4. The van der Waals surface area contributed by atoms with E-state index in [1.807, 2.05) is 0 Å². The van der Waals surface area contributed by atoms with Crippen molar-refractivity contribution in [2.45, 2.75) is 0 Å². The first-order valence-corrected chi connectivity index (χ1v) is 5.97. The molecule has 7 heteroatoms. The van der Waals surface area contributed by atoms with E-state index in [1.165, 1.54) is 24.4 Å². The summed E-state index contributed by atoms with van der Waals surface area (Å²) in [6, 6.07) is 7.23. The Kier molecular flexibility index (Phi) is 3.96. The minimum absolute atomic E-state index is 0.168. The van der Waals surface area contributed by atoms with E-state index in [2.05, 4.69) is 26.1 Å². The maximum Gasteiger partial charge on any atom is 0.192 e. The second-order valence-electron chi connectivity index (χ2n) is 3.51. The molecule has 0 spiro atoms. The van der Waals surface area contributed by atoms with Crippen LogP contribution < -0.4 is 10.5 Å². The number of aromatic nitrogens is 1. The molecule has 0 bridgehead atoms. The first-order valence-electron chi connectivity index (χ1n) is 5.17. The number of nitrogens with zero attached hydrogens (tertiary/aromatic N) is 2. The van der Waals surface area contributed by atoms with E-state index in [-0.39, 0.29) is 23.0 Å². The molecule has 1 aromatic heterocycles. The molecule has 0 fully saturated rings. The smallest absolute Gasteiger partial charge is 0.192 e. The third-order valence-corrected chi connectivity index (χ3v) is 2.89. The van der Waals surface area contributed by atoms with Crippen molar-refractivity contribution >= 4 is 21.8 Å². The predicted molar refractivity (Wildman–Crippen MR) is 70.9 cm³/mol. The summed E-state index contributed by atoms with van der Waals surface area (Å²) in [7, 11) is 0. The van der Waals surface area contributed by atoms with Crippen molar-refractivity contribution in [3.8, 4) is 11.5 Å². The average molecular weight is 326 g/mol. The van der Waals surface area contributed by atoms with Gasteiger partial charge in [-0.2, -0.15) is 0 Å². The molecule has 0 aliphatic rings. The molecule has 0 saturated heterocycles. The molecule has 3 N–H and O–H groups in total. The monoisotopic (exact) mass is 325 g/mol. The lowest BCUT2D eigenvalue weighted by atomic mass is 10.3. The van der Waals surface area contributed by atoms with Gasteiger partial charge in [-0.1, -0.05) is 5.16 Å². The number of pyridine rings is 1. The topological polar surface area (TPSA) is 80.7 Å². The summed E-state index contributed by atoms with van der Waals surface area (Å²) in [6.45, 7) is 0. The molecule has 0 atom stereocenters. The Morgan fingerprint density at radius 3 is 2.89 bits per heavy atom. The summed E-state index contributed by atoms with van der Waals surface area (Å²) in [4.78, 5) is 3.95. The summed E-state index contributed by atoms with van der Waals surface area (Å²) < 4.78 is 19.3. The summed E-state index contributed by atoms with van der Waals surface area (Å²) in [5.74, 6) is -0.111. The molecule has 2 rings (SSSR count). The van der Waals surface area contributed by atoms with Gasteiger partial charge in [-0.25, -0.2) is 9.37 Å². The molecule has 0 unspecified atom stereocenters. The van der Waals surface area contributed by atoms with Crippen molar-refractivity contribution in [3.05, 3.63) is 52.5 Å². The molecule has 19 heavy (non-hydrogen) atoms. The highest BCUT2D eigenvalue weighted by Gasteiger charge is 2.12. The van der Waals surface area contributed by atoms with E-state index < -0.39 is 5.82 Å². The summed E-state index contributed by atoms with van der Waals surface area (Å²) in [5.41, 5.74) is 5.66. The molecule has 0 amide bonds. The van der Waals surface area contributed by atoms with Crippen LogP contribution in [0.1, 0.15) is 5.69 Å². The van der Waals surface area contributed by atoms with Gasteiger partial charge in [0.1, 0.15) is 11.6 Å². The number of amidine groups is 1. The second-order valence-corrected chi connectivity index (χ2v) is 4.37. The van der Waals surface area contributed by atoms with E-state index in [4.69, 9.17) is 15.7 Å². The minimum Gasteiger partial charge on any atom is -0.454 e. The van der Waals surface area contributed by atoms with Crippen molar-refractivity contribution in [2.75, 3.05) is 0 Å². The van der Waals surface area contributed by atoms with Crippen molar-refractivity contribution in [1.82, 2.24) is 4.98 Å². The standard InChI is InChI=1S/C12H9BrFN3O2/c13-8-4-3-7(14)6-10(8)19-9-2-1-5-16-11(9)12(15)17-18/h1-6,18H,(H2,15,17). The number of benzene rings is 1. The zero-order chi connectivity index (χ0) is 13.8. The number of halogens is 2. The Hall–Kier alpha value is -2.15. The Balaban J connectivity index is 2.41. The number of oxime groups is 1. The largest absolute Gasteiger partial charge is 0.454 e. The van der Waals surface area contributed by atoms with Gasteiger partial charge in [-0.3, -0.25) is 0 Å². The number of ether oxygens (including phenoxy) is 1. The number of hydrogen-bond acceptors (Lipinski definition) is 4. The van der Waals surface area contributed by atoms with Gasteiger partial charge in [0.05, 0.1) is 4.47 Å². The van der Waals surface area contributed by atoms with Crippen LogP contribution in [0.3, 0.4) is 0 Å². The van der Waals surface area contributed by atoms with Gasteiger partial charge in [-0.15, -0.1) is 0 Å². The number of hydrogen-bond donors (Lipinski definition) is 2. The first-order chi connectivity index (χ1) is 9.11. The summed E-state index contributed by atoms with van der Waals surface area (Å²) in [6.07, 6.45) is 1.47. The molecule has 1 aromatic carbocycles. The molecule has 98 valence electrons. The van der Waals surface area contributed by atoms with Crippen LogP contribution in [-0.2, 0) is 0 Å². The molecule has 0 saturated carbocycles. The summed E-state index contributed by atoms with van der Waals surface area (Å²) >= 11 is 3.24. The highest BCUT2D eigenvalue weighted by atomic mass is 79.9. The molecule has 0 aliphatic heterocycles. The zero-order valence-corrected chi connectivity index (χ0v) is 11.1. The quantitative estimate of drug-likeness (QED) is 0.393. The maximum absolute atomic E-state index is 13.2. The van der Waals surface area contributed by atoms with Crippen molar-refractivity contribution in [1.29, 1.82) is 0 Å². The van der Waals surface area contributed by atoms with Crippen LogP contribution in [0, 0.1) is 5.82 Å². The van der Waals surface area contributed by atoms with E-state index in [9.17, 15) is 4.39 Å². The van der Waals surface area contributed by atoms with Crippen LogP contribution in [0.5, 0.6) is 11.5 Å². The van der Waals surface area contributed by atoms with Gasteiger partial charge < -0.3 is 15.7 Å². The minimum atomic E-state index is -0.438. The Bertz CT molecular complexity index is 634. The third-order valence-electron chi connectivity index (χ3n) is 2.23. The van der Waals surface area contributed by atoms with Crippen LogP contribution in [-0.4, -0.2) is 16.0 Å².